The van der Waals surface area contributed by atoms with Gasteiger partial charge in [-0.1, -0.05) is 11.6 Å². The lowest BCUT2D eigenvalue weighted by atomic mass is 10.1. The fraction of sp³-hybridized carbons (Fsp3) is 0.444. The summed E-state index contributed by atoms with van der Waals surface area (Å²) in [7, 11) is 0. The summed E-state index contributed by atoms with van der Waals surface area (Å²) in [6, 6.07) is 7.47. The van der Waals surface area contributed by atoms with Gasteiger partial charge >= 0.3 is 0 Å². The van der Waals surface area contributed by atoms with Crippen molar-refractivity contribution in [1.82, 2.24) is 9.88 Å². The van der Waals surface area contributed by atoms with Gasteiger partial charge in [-0.25, -0.2) is 4.98 Å². The first-order valence-electron chi connectivity index (χ1n) is 8.36. The third kappa shape index (κ3) is 4.71. The molecule has 1 saturated heterocycles. The Bertz CT molecular complexity index is 719. The van der Waals surface area contributed by atoms with E-state index in [-0.39, 0.29) is 11.9 Å². The number of hydrogen-bond donors (Lipinski definition) is 1. The van der Waals surface area contributed by atoms with E-state index in [1.807, 2.05) is 22.4 Å². The summed E-state index contributed by atoms with van der Waals surface area (Å²) < 4.78 is 5.69. The Morgan fingerprint density at radius 1 is 1.44 bits per heavy atom. The molecule has 0 aliphatic carbocycles. The number of aromatic nitrogens is 1. The highest BCUT2D eigenvalue weighted by Gasteiger charge is 2.31. The van der Waals surface area contributed by atoms with Gasteiger partial charge in [-0.3, -0.25) is 4.79 Å². The Kier molecular flexibility index (Phi) is 5.93. The molecule has 25 heavy (non-hydrogen) atoms. The standard InChI is InChI=1S/C18H22ClN3O2S/c1-12-6-13(8-20)9-22(12)18(23)7-15-11-25-17(21-15)10-24-16-4-2-14(19)3-5-16/h2-5,11-13H,6-10,20H2,1H3. The van der Waals surface area contributed by atoms with Crippen LogP contribution in [-0.2, 0) is 17.8 Å². The van der Waals surface area contributed by atoms with Crippen LogP contribution in [0.15, 0.2) is 29.6 Å². The lowest BCUT2D eigenvalue weighted by Crippen LogP contribution is -2.35. The van der Waals surface area contributed by atoms with Gasteiger partial charge in [0, 0.05) is 23.0 Å². The van der Waals surface area contributed by atoms with Crippen LogP contribution in [0.4, 0.5) is 0 Å². The van der Waals surface area contributed by atoms with E-state index in [0.29, 0.717) is 30.5 Å². The van der Waals surface area contributed by atoms with Gasteiger partial charge in [-0.05, 0) is 50.1 Å². The predicted molar refractivity (Wildman–Crippen MR) is 99.9 cm³/mol. The number of hydrogen-bond acceptors (Lipinski definition) is 5. The number of amides is 1. The van der Waals surface area contributed by atoms with Crippen LogP contribution >= 0.6 is 22.9 Å². The van der Waals surface area contributed by atoms with Crippen molar-refractivity contribution in [2.45, 2.75) is 32.4 Å². The van der Waals surface area contributed by atoms with E-state index in [4.69, 9.17) is 22.1 Å². The van der Waals surface area contributed by atoms with Crippen molar-refractivity contribution in [3.05, 3.63) is 45.4 Å². The largest absolute Gasteiger partial charge is 0.486 e. The smallest absolute Gasteiger partial charge is 0.228 e. The summed E-state index contributed by atoms with van der Waals surface area (Å²) in [5.41, 5.74) is 6.53. The number of likely N-dealkylation sites (tertiary alicyclic amines) is 1. The van der Waals surface area contributed by atoms with E-state index in [2.05, 4.69) is 11.9 Å². The molecular formula is C18H22ClN3O2S. The summed E-state index contributed by atoms with van der Waals surface area (Å²) in [5.74, 6) is 1.28. The van der Waals surface area contributed by atoms with Gasteiger partial charge in [0.15, 0.2) is 0 Å². The summed E-state index contributed by atoms with van der Waals surface area (Å²) in [5, 5.41) is 3.46. The minimum absolute atomic E-state index is 0.124. The van der Waals surface area contributed by atoms with Crippen LogP contribution < -0.4 is 10.5 Å². The molecule has 1 aromatic carbocycles. The van der Waals surface area contributed by atoms with E-state index in [0.717, 1.165) is 29.4 Å². The maximum Gasteiger partial charge on any atom is 0.228 e. The molecular weight excluding hydrogens is 358 g/mol. The van der Waals surface area contributed by atoms with Gasteiger partial charge in [0.25, 0.3) is 0 Å². The SMILES string of the molecule is CC1CC(CN)CN1C(=O)Cc1csc(COc2ccc(Cl)cc2)n1. The third-order valence-electron chi connectivity index (χ3n) is 4.42. The van der Waals surface area contributed by atoms with E-state index in [9.17, 15) is 4.79 Å². The van der Waals surface area contributed by atoms with E-state index >= 15 is 0 Å². The van der Waals surface area contributed by atoms with Crippen LogP contribution in [0.3, 0.4) is 0 Å². The molecule has 5 nitrogen and oxygen atoms in total. The Labute approximate surface area is 156 Å². The van der Waals surface area contributed by atoms with Gasteiger partial charge in [0.1, 0.15) is 17.4 Å². The number of ether oxygens (including phenoxy) is 1. The predicted octanol–water partition coefficient (Wildman–Crippen LogP) is 3.11. The van der Waals surface area contributed by atoms with E-state index in [1.54, 1.807) is 12.1 Å². The lowest BCUT2D eigenvalue weighted by Gasteiger charge is -2.21. The first kappa shape index (κ1) is 18.2. The van der Waals surface area contributed by atoms with Crippen LogP contribution in [0.5, 0.6) is 5.75 Å². The minimum atomic E-state index is 0.124. The first-order valence-corrected chi connectivity index (χ1v) is 9.62. The van der Waals surface area contributed by atoms with Crippen molar-refractivity contribution in [2.24, 2.45) is 11.7 Å². The van der Waals surface area contributed by atoms with E-state index < -0.39 is 0 Å². The number of nitrogens with two attached hydrogens (primary N) is 1. The van der Waals surface area contributed by atoms with Gasteiger partial charge < -0.3 is 15.4 Å². The molecule has 1 fully saturated rings. The quantitative estimate of drug-likeness (QED) is 0.837. The Hall–Kier alpha value is -1.63. The molecule has 0 saturated carbocycles. The maximum atomic E-state index is 12.5. The Morgan fingerprint density at radius 2 is 2.20 bits per heavy atom. The van der Waals surface area contributed by atoms with E-state index in [1.165, 1.54) is 11.3 Å². The molecule has 1 aliphatic heterocycles. The van der Waals surface area contributed by atoms with Gasteiger partial charge in [0.2, 0.25) is 5.91 Å². The van der Waals surface area contributed by atoms with Crippen LogP contribution in [0.2, 0.25) is 5.02 Å². The normalized spacial score (nSPS) is 20.0. The molecule has 0 bridgehead atoms. The molecule has 1 amide bonds. The average molecular weight is 380 g/mol. The molecule has 2 aromatic rings. The fourth-order valence-electron chi connectivity index (χ4n) is 3.09. The lowest BCUT2D eigenvalue weighted by molar-refractivity contribution is -0.131. The topological polar surface area (TPSA) is 68.5 Å². The van der Waals surface area contributed by atoms with Gasteiger partial charge in [-0.2, -0.15) is 0 Å². The second-order valence-corrected chi connectivity index (χ2v) is 7.76. The van der Waals surface area contributed by atoms with Crippen molar-refractivity contribution < 1.29 is 9.53 Å². The van der Waals surface area contributed by atoms with Crippen molar-refractivity contribution >= 4 is 28.8 Å². The zero-order valence-corrected chi connectivity index (χ0v) is 15.7. The highest BCUT2D eigenvalue weighted by molar-refractivity contribution is 7.09. The summed E-state index contributed by atoms with van der Waals surface area (Å²) >= 11 is 7.36. The van der Waals surface area contributed by atoms with Crippen molar-refractivity contribution in [1.29, 1.82) is 0 Å². The summed E-state index contributed by atoms with van der Waals surface area (Å²) in [6.45, 7) is 3.86. The minimum Gasteiger partial charge on any atom is -0.486 e. The van der Waals surface area contributed by atoms with Gasteiger partial charge in [-0.15, -0.1) is 11.3 Å². The molecule has 0 radical (unpaired) electrons. The molecule has 0 spiro atoms. The van der Waals surface area contributed by atoms with Crippen molar-refractivity contribution in [2.75, 3.05) is 13.1 Å². The first-order chi connectivity index (χ1) is 12.0. The van der Waals surface area contributed by atoms with Crippen LogP contribution in [-0.4, -0.2) is 34.9 Å². The maximum absolute atomic E-state index is 12.5. The van der Waals surface area contributed by atoms with Crippen LogP contribution in [0.25, 0.3) is 0 Å². The zero-order chi connectivity index (χ0) is 17.8. The number of thiazole rings is 1. The fourth-order valence-corrected chi connectivity index (χ4v) is 3.92. The zero-order valence-electron chi connectivity index (χ0n) is 14.2. The Balaban J connectivity index is 1.53. The molecule has 2 atom stereocenters. The second kappa shape index (κ2) is 8.17. The third-order valence-corrected chi connectivity index (χ3v) is 5.55. The molecule has 1 aliphatic rings. The molecule has 2 unspecified atom stereocenters. The number of halogens is 1. The molecule has 1 aromatic heterocycles. The van der Waals surface area contributed by atoms with Crippen LogP contribution in [0.1, 0.15) is 24.0 Å². The average Bonchev–Trinajstić information content (AvgIpc) is 3.20. The van der Waals surface area contributed by atoms with Crippen molar-refractivity contribution in [3.8, 4) is 5.75 Å². The molecule has 134 valence electrons. The summed E-state index contributed by atoms with van der Waals surface area (Å²) in [6.07, 6.45) is 1.32. The van der Waals surface area contributed by atoms with Gasteiger partial charge in [0.05, 0.1) is 12.1 Å². The molecule has 2 heterocycles. The van der Waals surface area contributed by atoms with Crippen molar-refractivity contribution in [3.63, 3.8) is 0 Å². The Morgan fingerprint density at radius 3 is 2.88 bits per heavy atom. The highest BCUT2D eigenvalue weighted by atomic mass is 35.5. The number of rotatable bonds is 6. The monoisotopic (exact) mass is 379 g/mol. The number of benzene rings is 1. The summed E-state index contributed by atoms with van der Waals surface area (Å²) in [4.78, 5) is 19.0. The number of carbonyl (C=O) groups is 1. The van der Waals surface area contributed by atoms with Crippen LogP contribution in [0, 0.1) is 5.92 Å². The number of carbonyl (C=O) groups excluding carboxylic acids is 1. The number of nitrogens with zero attached hydrogens (tertiary/aromatic N) is 2. The molecule has 7 heteroatoms. The highest BCUT2D eigenvalue weighted by Crippen LogP contribution is 2.23. The molecule has 2 N–H and O–H groups in total. The molecule has 3 rings (SSSR count). The second-order valence-electron chi connectivity index (χ2n) is 6.38.